The van der Waals surface area contributed by atoms with Gasteiger partial charge in [-0.2, -0.15) is 0 Å². The molecule has 0 spiro atoms. The number of hydrogen-bond donors (Lipinski definition) is 1. The minimum absolute atomic E-state index is 0.572. The summed E-state index contributed by atoms with van der Waals surface area (Å²) in [5.41, 5.74) is 0. The van der Waals surface area contributed by atoms with Gasteiger partial charge in [-0.05, 0) is 26.3 Å². The molecule has 1 aliphatic heterocycles. The van der Waals surface area contributed by atoms with Crippen LogP contribution < -0.4 is 5.32 Å². The fourth-order valence-electron chi connectivity index (χ4n) is 2.20. The third-order valence-corrected chi connectivity index (χ3v) is 4.06. The Balaban J connectivity index is 1.97. The van der Waals surface area contributed by atoms with Gasteiger partial charge in [-0.25, -0.2) is 4.98 Å². The monoisotopic (exact) mass is 225 g/mol. The highest BCUT2D eigenvalue weighted by Gasteiger charge is 2.28. The number of aromatic nitrogens is 1. The minimum Gasteiger partial charge on any atom is -0.358 e. The summed E-state index contributed by atoms with van der Waals surface area (Å²) in [4.78, 5) is 6.72. The van der Waals surface area contributed by atoms with Crippen molar-refractivity contribution in [1.29, 1.82) is 0 Å². The maximum atomic E-state index is 4.28. The van der Waals surface area contributed by atoms with Crippen LogP contribution in [0.2, 0.25) is 0 Å². The molecule has 84 valence electrons. The zero-order chi connectivity index (χ0) is 10.8. The first-order valence-electron chi connectivity index (χ1n) is 5.53. The molecule has 0 radical (unpaired) electrons. The number of rotatable bonds is 2. The summed E-state index contributed by atoms with van der Waals surface area (Å²) in [7, 11) is 2.21. The smallest absolute Gasteiger partial charge is 0.182 e. The standard InChI is InChI=1S/C11H19N3S/c1-8-7-14(3)9(2)6-10(8)13-11-12-4-5-15-11/h4-5,8-10H,6-7H2,1-3H3,(H,12,13). The van der Waals surface area contributed by atoms with Crippen molar-refractivity contribution >= 4 is 16.5 Å². The summed E-state index contributed by atoms with van der Waals surface area (Å²) in [5.74, 6) is 0.690. The van der Waals surface area contributed by atoms with Crippen LogP contribution in [0.3, 0.4) is 0 Å². The molecule has 4 heteroatoms. The number of likely N-dealkylation sites (tertiary alicyclic amines) is 1. The van der Waals surface area contributed by atoms with Crippen LogP contribution in [0.25, 0.3) is 0 Å². The molecule has 1 aliphatic rings. The van der Waals surface area contributed by atoms with Gasteiger partial charge in [-0.3, -0.25) is 0 Å². The van der Waals surface area contributed by atoms with Crippen LogP contribution in [0.4, 0.5) is 5.13 Å². The Labute approximate surface area is 95.5 Å². The predicted molar refractivity (Wildman–Crippen MR) is 65.4 cm³/mol. The van der Waals surface area contributed by atoms with Gasteiger partial charge in [0.15, 0.2) is 5.13 Å². The maximum Gasteiger partial charge on any atom is 0.182 e. The molecule has 1 fully saturated rings. The number of anilines is 1. The highest BCUT2D eigenvalue weighted by Crippen LogP contribution is 2.24. The molecule has 3 atom stereocenters. The first-order chi connectivity index (χ1) is 7.16. The van der Waals surface area contributed by atoms with Crippen LogP contribution in [-0.2, 0) is 0 Å². The van der Waals surface area contributed by atoms with Crippen molar-refractivity contribution in [1.82, 2.24) is 9.88 Å². The van der Waals surface area contributed by atoms with Gasteiger partial charge in [0.2, 0.25) is 0 Å². The Morgan fingerprint density at radius 1 is 1.53 bits per heavy atom. The lowest BCUT2D eigenvalue weighted by atomic mass is 9.90. The number of thiazole rings is 1. The second-order valence-electron chi connectivity index (χ2n) is 4.59. The third kappa shape index (κ3) is 2.49. The van der Waals surface area contributed by atoms with Crippen molar-refractivity contribution in [3.63, 3.8) is 0 Å². The van der Waals surface area contributed by atoms with E-state index >= 15 is 0 Å². The van der Waals surface area contributed by atoms with Crippen LogP contribution in [-0.4, -0.2) is 35.6 Å². The van der Waals surface area contributed by atoms with E-state index in [1.54, 1.807) is 11.3 Å². The van der Waals surface area contributed by atoms with Crippen molar-refractivity contribution in [3.8, 4) is 0 Å². The molecule has 0 amide bonds. The van der Waals surface area contributed by atoms with E-state index in [1.807, 2.05) is 11.6 Å². The second kappa shape index (κ2) is 4.49. The maximum absolute atomic E-state index is 4.28. The molecule has 1 aromatic heterocycles. The molecule has 15 heavy (non-hydrogen) atoms. The van der Waals surface area contributed by atoms with Crippen LogP contribution in [0.1, 0.15) is 20.3 Å². The summed E-state index contributed by atoms with van der Waals surface area (Å²) >= 11 is 1.68. The topological polar surface area (TPSA) is 28.2 Å². The van der Waals surface area contributed by atoms with Gasteiger partial charge in [0.05, 0.1) is 0 Å². The Morgan fingerprint density at radius 3 is 3.00 bits per heavy atom. The molecular weight excluding hydrogens is 206 g/mol. The number of nitrogens with one attached hydrogen (secondary N) is 1. The van der Waals surface area contributed by atoms with E-state index in [0.29, 0.717) is 18.0 Å². The third-order valence-electron chi connectivity index (χ3n) is 3.35. The number of piperidine rings is 1. The molecule has 0 saturated carbocycles. The molecule has 2 rings (SSSR count). The zero-order valence-corrected chi connectivity index (χ0v) is 10.4. The van der Waals surface area contributed by atoms with Crippen LogP contribution in [0, 0.1) is 5.92 Å². The van der Waals surface area contributed by atoms with Gasteiger partial charge in [0.25, 0.3) is 0 Å². The van der Waals surface area contributed by atoms with Gasteiger partial charge >= 0.3 is 0 Å². The molecular formula is C11H19N3S. The lowest BCUT2D eigenvalue weighted by molar-refractivity contribution is 0.145. The molecule has 0 aromatic carbocycles. The van der Waals surface area contributed by atoms with Crippen LogP contribution in [0.5, 0.6) is 0 Å². The largest absolute Gasteiger partial charge is 0.358 e. The van der Waals surface area contributed by atoms with E-state index in [4.69, 9.17) is 0 Å². The lowest BCUT2D eigenvalue weighted by Gasteiger charge is -2.39. The summed E-state index contributed by atoms with van der Waals surface area (Å²) in [6, 6.07) is 1.24. The van der Waals surface area contributed by atoms with Crippen molar-refractivity contribution in [2.75, 3.05) is 18.9 Å². The molecule has 0 bridgehead atoms. The van der Waals surface area contributed by atoms with E-state index in [2.05, 4.69) is 36.1 Å². The lowest BCUT2D eigenvalue weighted by Crippen LogP contribution is -2.48. The fraction of sp³-hybridized carbons (Fsp3) is 0.727. The summed E-state index contributed by atoms with van der Waals surface area (Å²) in [6.45, 7) is 5.78. The Hall–Kier alpha value is -0.610. The van der Waals surface area contributed by atoms with Crippen LogP contribution >= 0.6 is 11.3 Å². The molecule has 3 unspecified atom stereocenters. The second-order valence-corrected chi connectivity index (χ2v) is 5.48. The first-order valence-corrected chi connectivity index (χ1v) is 6.41. The molecule has 1 saturated heterocycles. The fourth-order valence-corrected chi connectivity index (χ4v) is 2.79. The molecule has 0 aliphatic carbocycles. The van der Waals surface area contributed by atoms with Gasteiger partial charge in [-0.15, -0.1) is 11.3 Å². The zero-order valence-electron chi connectivity index (χ0n) is 9.60. The summed E-state index contributed by atoms with van der Waals surface area (Å²) in [5, 5.41) is 6.62. The molecule has 1 N–H and O–H groups in total. The molecule has 1 aromatic rings. The van der Waals surface area contributed by atoms with Gasteiger partial charge in [0.1, 0.15) is 0 Å². The van der Waals surface area contributed by atoms with Crippen LogP contribution in [0.15, 0.2) is 11.6 Å². The number of nitrogens with zero attached hydrogens (tertiary/aromatic N) is 2. The Bertz CT molecular complexity index is 299. The Kier molecular flexibility index (Phi) is 3.26. The van der Waals surface area contributed by atoms with Gasteiger partial charge in [-0.1, -0.05) is 6.92 Å². The van der Waals surface area contributed by atoms with Crippen molar-refractivity contribution in [2.45, 2.75) is 32.4 Å². The van der Waals surface area contributed by atoms with Crippen molar-refractivity contribution in [3.05, 3.63) is 11.6 Å². The highest BCUT2D eigenvalue weighted by molar-refractivity contribution is 7.13. The van der Waals surface area contributed by atoms with E-state index in [9.17, 15) is 0 Å². The number of hydrogen-bond acceptors (Lipinski definition) is 4. The molecule has 2 heterocycles. The SMILES string of the molecule is CC1CN(C)C(C)CC1Nc1nccs1. The Morgan fingerprint density at radius 2 is 2.33 bits per heavy atom. The van der Waals surface area contributed by atoms with Gasteiger partial charge < -0.3 is 10.2 Å². The van der Waals surface area contributed by atoms with E-state index in [-0.39, 0.29) is 0 Å². The summed E-state index contributed by atoms with van der Waals surface area (Å²) in [6.07, 6.45) is 3.06. The summed E-state index contributed by atoms with van der Waals surface area (Å²) < 4.78 is 0. The van der Waals surface area contributed by atoms with E-state index in [1.165, 1.54) is 13.0 Å². The first kappa shape index (κ1) is 10.9. The molecule has 3 nitrogen and oxygen atoms in total. The minimum atomic E-state index is 0.572. The normalized spacial score (nSPS) is 32.9. The highest BCUT2D eigenvalue weighted by atomic mass is 32.1. The quantitative estimate of drug-likeness (QED) is 0.837. The predicted octanol–water partition coefficient (Wildman–Crippen LogP) is 2.28. The van der Waals surface area contributed by atoms with Gasteiger partial charge in [0, 0.05) is 30.2 Å². The van der Waals surface area contributed by atoms with Crippen molar-refractivity contribution in [2.24, 2.45) is 5.92 Å². The average molecular weight is 225 g/mol. The van der Waals surface area contributed by atoms with Crippen molar-refractivity contribution < 1.29 is 0 Å². The average Bonchev–Trinajstić information content (AvgIpc) is 2.67. The van der Waals surface area contributed by atoms with E-state index < -0.39 is 0 Å². The van der Waals surface area contributed by atoms with E-state index in [0.717, 1.165) is 5.13 Å².